The lowest BCUT2D eigenvalue weighted by Crippen LogP contribution is -2.45. The Labute approximate surface area is 125 Å². The van der Waals surface area contributed by atoms with E-state index in [1.165, 1.54) is 6.42 Å². The number of nitrogens with zero attached hydrogens (tertiary/aromatic N) is 2. The fraction of sp³-hybridized carbons (Fsp3) is 0.643. The number of hydrogen-bond acceptors (Lipinski definition) is 4. The van der Waals surface area contributed by atoms with E-state index < -0.39 is 0 Å². The topological polar surface area (TPSA) is 80.9 Å². The van der Waals surface area contributed by atoms with Crippen molar-refractivity contribution in [3.05, 3.63) is 23.8 Å². The SMILES string of the molecule is Cc1nccc(CNC(=O)C2C3CCC(C3)C2N)n1.Cl. The first-order valence-electron chi connectivity index (χ1n) is 6.97. The van der Waals surface area contributed by atoms with E-state index in [0.717, 1.165) is 24.4 Å². The molecule has 2 saturated carbocycles. The number of nitrogens with one attached hydrogen (secondary N) is 1. The van der Waals surface area contributed by atoms with Crippen LogP contribution in [-0.4, -0.2) is 21.9 Å². The van der Waals surface area contributed by atoms with Gasteiger partial charge in [-0.2, -0.15) is 0 Å². The first-order valence-corrected chi connectivity index (χ1v) is 6.97. The van der Waals surface area contributed by atoms with Gasteiger partial charge in [0.15, 0.2) is 0 Å². The highest BCUT2D eigenvalue weighted by Gasteiger charge is 2.48. The van der Waals surface area contributed by atoms with Gasteiger partial charge < -0.3 is 11.1 Å². The average Bonchev–Trinajstić information content (AvgIpc) is 2.97. The first-order chi connectivity index (χ1) is 9.15. The summed E-state index contributed by atoms with van der Waals surface area (Å²) in [5.41, 5.74) is 7.02. The fourth-order valence-electron chi connectivity index (χ4n) is 3.62. The molecule has 0 spiro atoms. The summed E-state index contributed by atoms with van der Waals surface area (Å²) in [5.74, 6) is 1.87. The number of aromatic nitrogens is 2. The molecule has 2 bridgehead atoms. The molecule has 1 aromatic heterocycles. The van der Waals surface area contributed by atoms with Crippen LogP contribution in [0, 0.1) is 24.7 Å². The van der Waals surface area contributed by atoms with Crippen molar-refractivity contribution in [2.24, 2.45) is 23.5 Å². The van der Waals surface area contributed by atoms with Gasteiger partial charge in [-0.15, -0.1) is 12.4 Å². The molecule has 2 aliphatic rings. The van der Waals surface area contributed by atoms with E-state index >= 15 is 0 Å². The Kier molecular flexibility index (Phi) is 4.60. The van der Waals surface area contributed by atoms with Crippen LogP contribution in [0.25, 0.3) is 0 Å². The second kappa shape index (κ2) is 6.06. The molecular formula is C14H21ClN4O. The maximum absolute atomic E-state index is 12.3. The van der Waals surface area contributed by atoms with E-state index in [1.807, 2.05) is 13.0 Å². The van der Waals surface area contributed by atoms with Gasteiger partial charge in [0.05, 0.1) is 18.2 Å². The fourth-order valence-corrected chi connectivity index (χ4v) is 3.62. The predicted octanol–water partition coefficient (Wildman–Crippen LogP) is 1.20. The maximum Gasteiger partial charge on any atom is 0.225 e. The lowest BCUT2D eigenvalue weighted by molar-refractivity contribution is -0.127. The number of nitrogens with two attached hydrogens (primary N) is 1. The van der Waals surface area contributed by atoms with Crippen LogP contribution in [0.15, 0.2) is 12.3 Å². The van der Waals surface area contributed by atoms with Crippen molar-refractivity contribution in [1.82, 2.24) is 15.3 Å². The zero-order chi connectivity index (χ0) is 13.4. The Morgan fingerprint density at radius 2 is 2.20 bits per heavy atom. The molecule has 4 atom stereocenters. The highest BCUT2D eigenvalue weighted by Crippen LogP contribution is 2.47. The van der Waals surface area contributed by atoms with Crippen molar-refractivity contribution in [3.8, 4) is 0 Å². The summed E-state index contributed by atoms with van der Waals surface area (Å²) < 4.78 is 0. The van der Waals surface area contributed by atoms with E-state index in [1.54, 1.807) is 6.20 Å². The summed E-state index contributed by atoms with van der Waals surface area (Å²) in [5, 5.41) is 2.97. The summed E-state index contributed by atoms with van der Waals surface area (Å²) in [6.07, 6.45) is 5.20. The number of aryl methyl sites for hydroxylation is 1. The van der Waals surface area contributed by atoms with Crippen molar-refractivity contribution in [3.63, 3.8) is 0 Å². The molecule has 1 amide bonds. The van der Waals surface area contributed by atoms with Gasteiger partial charge in [0, 0.05) is 12.2 Å². The quantitative estimate of drug-likeness (QED) is 0.878. The third-order valence-electron chi connectivity index (χ3n) is 4.56. The summed E-state index contributed by atoms with van der Waals surface area (Å²) in [4.78, 5) is 20.6. The first kappa shape index (κ1) is 15.2. The number of carbonyl (C=O) groups excluding carboxylic acids is 1. The summed E-state index contributed by atoms with van der Waals surface area (Å²) >= 11 is 0. The van der Waals surface area contributed by atoms with E-state index in [4.69, 9.17) is 5.73 Å². The summed E-state index contributed by atoms with van der Waals surface area (Å²) in [6, 6.07) is 1.87. The summed E-state index contributed by atoms with van der Waals surface area (Å²) in [6.45, 7) is 2.31. The van der Waals surface area contributed by atoms with Gasteiger partial charge in [-0.1, -0.05) is 0 Å². The van der Waals surface area contributed by atoms with Gasteiger partial charge >= 0.3 is 0 Å². The van der Waals surface area contributed by atoms with Crippen LogP contribution in [0.1, 0.15) is 30.8 Å². The average molecular weight is 297 g/mol. The van der Waals surface area contributed by atoms with Crippen LogP contribution in [0.4, 0.5) is 0 Å². The predicted molar refractivity (Wildman–Crippen MR) is 78.2 cm³/mol. The second-order valence-corrected chi connectivity index (χ2v) is 5.75. The minimum absolute atomic E-state index is 0. The molecule has 1 heterocycles. The molecule has 6 heteroatoms. The molecule has 4 unspecified atom stereocenters. The number of carbonyl (C=O) groups is 1. The van der Waals surface area contributed by atoms with Gasteiger partial charge in [0.25, 0.3) is 0 Å². The van der Waals surface area contributed by atoms with Gasteiger partial charge in [0.2, 0.25) is 5.91 Å². The van der Waals surface area contributed by atoms with Crippen LogP contribution in [-0.2, 0) is 11.3 Å². The van der Waals surface area contributed by atoms with Crippen LogP contribution in [0.5, 0.6) is 0 Å². The molecule has 2 aliphatic carbocycles. The largest absolute Gasteiger partial charge is 0.350 e. The zero-order valence-electron chi connectivity index (χ0n) is 11.6. The molecule has 0 aromatic carbocycles. The highest BCUT2D eigenvalue weighted by molar-refractivity contribution is 5.85. The Balaban J connectivity index is 0.00000147. The number of halogens is 1. The van der Waals surface area contributed by atoms with E-state index in [-0.39, 0.29) is 30.3 Å². The van der Waals surface area contributed by atoms with Gasteiger partial charge in [-0.3, -0.25) is 4.79 Å². The monoisotopic (exact) mass is 296 g/mol. The lowest BCUT2D eigenvalue weighted by Gasteiger charge is -2.26. The zero-order valence-corrected chi connectivity index (χ0v) is 12.4. The van der Waals surface area contributed by atoms with Crippen molar-refractivity contribution in [2.75, 3.05) is 0 Å². The molecule has 3 rings (SSSR count). The smallest absolute Gasteiger partial charge is 0.225 e. The van der Waals surface area contributed by atoms with E-state index in [9.17, 15) is 4.79 Å². The standard InChI is InChI=1S/C14H20N4O.ClH/c1-8-16-5-4-11(18-8)7-17-14(19)12-9-2-3-10(6-9)13(12)15;/h4-5,9-10,12-13H,2-3,6-7,15H2,1H3,(H,17,19);1H. The molecular weight excluding hydrogens is 276 g/mol. The maximum atomic E-state index is 12.3. The van der Waals surface area contributed by atoms with Gasteiger partial charge in [0.1, 0.15) is 5.82 Å². The van der Waals surface area contributed by atoms with Crippen LogP contribution in [0.3, 0.4) is 0 Å². The third-order valence-corrected chi connectivity index (χ3v) is 4.56. The van der Waals surface area contributed by atoms with Crippen LogP contribution in [0.2, 0.25) is 0 Å². The van der Waals surface area contributed by atoms with Gasteiger partial charge in [-0.25, -0.2) is 9.97 Å². The molecule has 5 nitrogen and oxygen atoms in total. The van der Waals surface area contributed by atoms with Crippen LogP contribution < -0.4 is 11.1 Å². The number of rotatable bonds is 3. The molecule has 0 saturated heterocycles. The van der Waals surface area contributed by atoms with Gasteiger partial charge in [-0.05, 0) is 44.1 Å². The Bertz CT molecular complexity index is 494. The molecule has 20 heavy (non-hydrogen) atoms. The minimum Gasteiger partial charge on any atom is -0.350 e. The van der Waals surface area contributed by atoms with Crippen molar-refractivity contribution < 1.29 is 4.79 Å². The molecule has 1 aromatic rings. The third kappa shape index (κ3) is 2.79. The minimum atomic E-state index is 0. The lowest BCUT2D eigenvalue weighted by atomic mass is 9.84. The van der Waals surface area contributed by atoms with Crippen molar-refractivity contribution >= 4 is 18.3 Å². The molecule has 0 radical (unpaired) electrons. The molecule has 110 valence electrons. The molecule has 0 aliphatic heterocycles. The number of hydrogen-bond donors (Lipinski definition) is 2. The van der Waals surface area contributed by atoms with Crippen LogP contribution >= 0.6 is 12.4 Å². The number of fused-ring (bicyclic) bond motifs is 2. The molecule has 3 N–H and O–H groups in total. The Morgan fingerprint density at radius 3 is 2.85 bits per heavy atom. The number of amides is 1. The summed E-state index contributed by atoms with van der Waals surface area (Å²) in [7, 11) is 0. The Hall–Kier alpha value is -1.20. The highest BCUT2D eigenvalue weighted by atomic mass is 35.5. The molecule has 2 fully saturated rings. The van der Waals surface area contributed by atoms with Crippen molar-refractivity contribution in [1.29, 1.82) is 0 Å². The van der Waals surface area contributed by atoms with Crippen molar-refractivity contribution in [2.45, 2.75) is 38.8 Å². The van der Waals surface area contributed by atoms with E-state index in [2.05, 4.69) is 15.3 Å². The van der Waals surface area contributed by atoms with E-state index in [0.29, 0.717) is 18.4 Å². The normalized spacial score (nSPS) is 30.9. The second-order valence-electron chi connectivity index (χ2n) is 5.75. The Morgan fingerprint density at radius 1 is 1.45 bits per heavy atom.